The van der Waals surface area contributed by atoms with Gasteiger partial charge in [-0.25, -0.2) is 9.59 Å². The number of carbonyl (C=O) groups excluding carboxylic acids is 1. The van der Waals surface area contributed by atoms with Crippen LogP contribution in [0.2, 0.25) is 0 Å². The van der Waals surface area contributed by atoms with Crippen molar-refractivity contribution in [1.82, 2.24) is 10.6 Å². The molecule has 6 heteroatoms. The number of aliphatic carboxylic acids is 1. The molecule has 4 N–H and O–H groups in total. The molecule has 0 spiro atoms. The van der Waals surface area contributed by atoms with E-state index in [1.807, 2.05) is 13.8 Å². The SMILES string of the molecule is CC(C)CNC(=O)NC(CO)C(=O)O. The summed E-state index contributed by atoms with van der Waals surface area (Å²) in [6.45, 7) is 3.68. The maximum Gasteiger partial charge on any atom is 0.328 e. The quantitative estimate of drug-likeness (QED) is 0.480. The van der Waals surface area contributed by atoms with Crippen molar-refractivity contribution in [2.75, 3.05) is 13.2 Å². The van der Waals surface area contributed by atoms with Gasteiger partial charge in [0.15, 0.2) is 6.04 Å². The topological polar surface area (TPSA) is 98.7 Å². The second-order valence-corrected chi connectivity index (χ2v) is 3.32. The Labute approximate surface area is 82.3 Å². The number of rotatable bonds is 5. The van der Waals surface area contributed by atoms with E-state index in [-0.39, 0.29) is 5.92 Å². The number of nitrogens with one attached hydrogen (secondary N) is 2. The van der Waals surface area contributed by atoms with Crippen LogP contribution in [-0.4, -0.2) is 41.4 Å². The molecule has 0 heterocycles. The summed E-state index contributed by atoms with van der Waals surface area (Å²) in [7, 11) is 0. The second kappa shape index (κ2) is 6.20. The Morgan fingerprint density at radius 3 is 2.29 bits per heavy atom. The van der Waals surface area contributed by atoms with Gasteiger partial charge in [-0.2, -0.15) is 0 Å². The molecule has 14 heavy (non-hydrogen) atoms. The number of urea groups is 1. The highest BCUT2D eigenvalue weighted by Gasteiger charge is 2.18. The number of carboxylic acid groups (broad SMARTS) is 1. The Balaban J connectivity index is 3.85. The zero-order valence-electron chi connectivity index (χ0n) is 8.28. The zero-order chi connectivity index (χ0) is 11.1. The first-order valence-corrected chi connectivity index (χ1v) is 4.35. The minimum Gasteiger partial charge on any atom is -0.480 e. The first kappa shape index (κ1) is 12.7. The Bertz CT molecular complexity index is 206. The van der Waals surface area contributed by atoms with E-state index in [1.165, 1.54) is 0 Å². The van der Waals surface area contributed by atoms with Crippen LogP contribution in [0.3, 0.4) is 0 Å². The summed E-state index contributed by atoms with van der Waals surface area (Å²) in [4.78, 5) is 21.4. The van der Waals surface area contributed by atoms with Crippen molar-refractivity contribution in [2.45, 2.75) is 19.9 Å². The molecule has 1 atom stereocenters. The third-order valence-corrected chi connectivity index (χ3v) is 1.46. The van der Waals surface area contributed by atoms with Crippen molar-refractivity contribution < 1.29 is 19.8 Å². The van der Waals surface area contributed by atoms with Crippen molar-refractivity contribution in [3.63, 3.8) is 0 Å². The van der Waals surface area contributed by atoms with E-state index in [1.54, 1.807) is 0 Å². The minimum absolute atomic E-state index is 0.290. The van der Waals surface area contributed by atoms with Crippen LogP contribution in [0.15, 0.2) is 0 Å². The summed E-state index contributed by atoms with van der Waals surface area (Å²) in [5.41, 5.74) is 0. The van der Waals surface area contributed by atoms with Gasteiger partial charge in [0.1, 0.15) is 0 Å². The molecule has 0 rings (SSSR count). The number of carboxylic acids is 1. The van der Waals surface area contributed by atoms with Crippen LogP contribution in [0, 0.1) is 5.92 Å². The number of aliphatic hydroxyl groups excluding tert-OH is 1. The van der Waals surface area contributed by atoms with Crippen molar-refractivity contribution in [3.8, 4) is 0 Å². The highest BCUT2D eigenvalue weighted by atomic mass is 16.4. The lowest BCUT2D eigenvalue weighted by Gasteiger charge is -2.13. The molecule has 1 unspecified atom stereocenters. The van der Waals surface area contributed by atoms with Crippen LogP contribution in [0.4, 0.5) is 4.79 Å². The van der Waals surface area contributed by atoms with E-state index in [0.29, 0.717) is 6.54 Å². The molecule has 0 saturated carbocycles. The van der Waals surface area contributed by atoms with Crippen LogP contribution in [0.1, 0.15) is 13.8 Å². The highest BCUT2D eigenvalue weighted by molar-refractivity contribution is 5.82. The molecule has 0 aliphatic rings. The number of amides is 2. The second-order valence-electron chi connectivity index (χ2n) is 3.32. The number of aliphatic hydroxyl groups is 1. The number of hydrogen-bond donors (Lipinski definition) is 4. The summed E-state index contributed by atoms with van der Waals surface area (Å²) < 4.78 is 0. The standard InChI is InChI=1S/C8H16N2O4/c1-5(2)3-9-8(14)10-6(4-11)7(12)13/h5-6,11H,3-4H2,1-2H3,(H,12,13)(H2,9,10,14). The molecule has 0 aliphatic heterocycles. The molecule has 0 radical (unpaired) electrons. The van der Waals surface area contributed by atoms with Crippen LogP contribution in [-0.2, 0) is 4.79 Å². The fraction of sp³-hybridized carbons (Fsp3) is 0.750. The van der Waals surface area contributed by atoms with E-state index in [9.17, 15) is 9.59 Å². The zero-order valence-corrected chi connectivity index (χ0v) is 8.28. The summed E-state index contributed by atoms with van der Waals surface area (Å²) in [6.07, 6.45) is 0. The summed E-state index contributed by atoms with van der Waals surface area (Å²) in [6, 6.07) is -1.83. The normalized spacial score (nSPS) is 12.3. The average molecular weight is 204 g/mol. The van der Waals surface area contributed by atoms with Gasteiger partial charge in [0.25, 0.3) is 0 Å². The molecule has 82 valence electrons. The molecule has 0 saturated heterocycles. The Kier molecular flexibility index (Phi) is 5.62. The van der Waals surface area contributed by atoms with E-state index in [2.05, 4.69) is 10.6 Å². The Hall–Kier alpha value is -1.30. The van der Waals surface area contributed by atoms with Crippen molar-refractivity contribution >= 4 is 12.0 Å². The third kappa shape index (κ3) is 5.36. The average Bonchev–Trinajstić information content (AvgIpc) is 2.10. The molecule has 0 aromatic heterocycles. The van der Waals surface area contributed by atoms with Crippen molar-refractivity contribution in [3.05, 3.63) is 0 Å². The molecule has 2 amide bonds. The molecule has 0 aromatic carbocycles. The Morgan fingerprint density at radius 2 is 1.93 bits per heavy atom. The highest BCUT2D eigenvalue weighted by Crippen LogP contribution is 1.87. The molecule has 6 nitrogen and oxygen atoms in total. The number of carbonyl (C=O) groups is 2. The molecule has 0 aromatic rings. The van der Waals surface area contributed by atoms with Gasteiger partial charge in [0.2, 0.25) is 0 Å². The van der Waals surface area contributed by atoms with Gasteiger partial charge in [-0.05, 0) is 5.92 Å². The minimum atomic E-state index is -1.26. The van der Waals surface area contributed by atoms with Gasteiger partial charge in [-0.3, -0.25) is 0 Å². The van der Waals surface area contributed by atoms with E-state index in [4.69, 9.17) is 10.2 Å². The van der Waals surface area contributed by atoms with Gasteiger partial charge in [0, 0.05) is 6.54 Å². The monoisotopic (exact) mass is 204 g/mol. The predicted octanol–water partition coefficient (Wildman–Crippen LogP) is -0.613. The van der Waals surface area contributed by atoms with E-state index >= 15 is 0 Å². The Morgan fingerprint density at radius 1 is 1.36 bits per heavy atom. The summed E-state index contributed by atoms with van der Waals surface area (Å²) in [5.74, 6) is -0.967. The van der Waals surface area contributed by atoms with Crippen LogP contribution in [0.5, 0.6) is 0 Å². The van der Waals surface area contributed by atoms with Gasteiger partial charge in [-0.1, -0.05) is 13.8 Å². The fourth-order valence-electron chi connectivity index (χ4n) is 0.692. The van der Waals surface area contributed by atoms with Crippen molar-refractivity contribution in [2.24, 2.45) is 5.92 Å². The lowest BCUT2D eigenvalue weighted by molar-refractivity contribution is -0.140. The first-order valence-electron chi connectivity index (χ1n) is 4.35. The fourth-order valence-corrected chi connectivity index (χ4v) is 0.692. The first-order chi connectivity index (χ1) is 6.47. The van der Waals surface area contributed by atoms with Gasteiger partial charge in [-0.15, -0.1) is 0 Å². The van der Waals surface area contributed by atoms with E-state index in [0.717, 1.165) is 0 Å². The van der Waals surface area contributed by atoms with Crippen molar-refractivity contribution in [1.29, 1.82) is 0 Å². The third-order valence-electron chi connectivity index (χ3n) is 1.46. The maximum atomic E-state index is 11.0. The summed E-state index contributed by atoms with van der Waals surface area (Å²) >= 11 is 0. The van der Waals surface area contributed by atoms with Gasteiger partial charge >= 0.3 is 12.0 Å². The molecule has 0 aliphatic carbocycles. The lowest BCUT2D eigenvalue weighted by atomic mass is 10.2. The number of hydrogen-bond acceptors (Lipinski definition) is 3. The largest absolute Gasteiger partial charge is 0.480 e. The van der Waals surface area contributed by atoms with Crippen LogP contribution >= 0.6 is 0 Å². The van der Waals surface area contributed by atoms with Gasteiger partial charge in [0.05, 0.1) is 6.61 Å². The molecule has 0 bridgehead atoms. The van der Waals surface area contributed by atoms with Crippen LogP contribution in [0.25, 0.3) is 0 Å². The lowest BCUT2D eigenvalue weighted by Crippen LogP contribution is -2.48. The van der Waals surface area contributed by atoms with Gasteiger partial charge < -0.3 is 20.8 Å². The molecule has 0 fully saturated rings. The summed E-state index contributed by atoms with van der Waals surface area (Å²) in [5, 5.41) is 21.7. The molecular formula is C8H16N2O4. The smallest absolute Gasteiger partial charge is 0.328 e. The van der Waals surface area contributed by atoms with E-state index < -0.39 is 24.6 Å². The molecular weight excluding hydrogens is 188 g/mol. The maximum absolute atomic E-state index is 11.0. The predicted molar refractivity (Wildman–Crippen MR) is 49.9 cm³/mol. The van der Waals surface area contributed by atoms with Crippen LogP contribution < -0.4 is 10.6 Å².